The Morgan fingerprint density at radius 2 is 1.60 bits per heavy atom. The van der Waals surface area contributed by atoms with Crippen LogP contribution in [0.4, 0.5) is 0 Å². The zero-order chi connectivity index (χ0) is 14.2. The summed E-state index contributed by atoms with van der Waals surface area (Å²) in [7, 11) is 0. The fourth-order valence-corrected chi connectivity index (χ4v) is 5.72. The molecule has 0 aliphatic heterocycles. The standard InChI is InChI=1S/C18H32O2/c1-3-4-13(2)11-20-12-17(19)18-8-14-5-15(9-18)7-16(6-14)10-18/h13-17,19H,3-12H2,1-2H3. The summed E-state index contributed by atoms with van der Waals surface area (Å²) in [5, 5.41) is 10.7. The second-order valence-electron chi connectivity index (χ2n) is 8.23. The van der Waals surface area contributed by atoms with E-state index in [1.165, 1.54) is 51.4 Å². The molecule has 0 radical (unpaired) electrons. The van der Waals surface area contributed by atoms with Crippen molar-refractivity contribution < 1.29 is 9.84 Å². The van der Waals surface area contributed by atoms with Crippen LogP contribution >= 0.6 is 0 Å². The molecule has 0 saturated heterocycles. The van der Waals surface area contributed by atoms with Crippen molar-refractivity contribution in [2.45, 2.75) is 71.3 Å². The van der Waals surface area contributed by atoms with Gasteiger partial charge in [-0.2, -0.15) is 0 Å². The third kappa shape index (κ3) is 2.92. The summed E-state index contributed by atoms with van der Waals surface area (Å²) >= 11 is 0. The van der Waals surface area contributed by atoms with Crippen molar-refractivity contribution in [2.24, 2.45) is 29.1 Å². The first kappa shape index (κ1) is 14.8. The Morgan fingerprint density at radius 3 is 2.10 bits per heavy atom. The molecular weight excluding hydrogens is 248 g/mol. The number of rotatable bonds is 7. The van der Waals surface area contributed by atoms with Crippen molar-refractivity contribution in [3.63, 3.8) is 0 Å². The van der Waals surface area contributed by atoms with Gasteiger partial charge in [0.05, 0.1) is 12.7 Å². The Kier molecular flexibility index (Phi) is 4.42. The number of aliphatic hydroxyl groups excluding tert-OH is 1. The zero-order valence-electron chi connectivity index (χ0n) is 13.3. The van der Waals surface area contributed by atoms with Crippen LogP contribution < -0.4 is 0 Å². The fraction of sp³-hybridized carbons (Fsp3) is 1.00. The molecule has 0 aromatic heterocycles. The largest absolute Gasteiger partial charge is 0.390 e. The summed E-state index contributed by atoms with van der Waals surface area (Å²) in [5.74, 6) is 3.36. The number of ether oxygens (including phenoxy) is 1. The van der Waals surface area contributed by atoms with Gasteiger partial charge in [0.25, 0.3) is 0 Å². The fourth-order valence-electron chi connectivity index (χ4n) is 5.72. The Balaban J connectivity index is 1.51. The van der Waals surface area contributed by atoms with E-state index in [1.807, 2.05) is 0 Å². The van der Waals surface area contributed by atoms with Gasteiger partial charge in [0.1, 0.15) is 0 Å². The zero-order valence-corrected chi connectivity index (χ0v) is 13.3. The molecule has 4 bridgehead atoms. The molecule has 2 heteroatoms. The summed E-state index contributed by atoms with van der Waals surface area (Å²) in [5.41, 5.74) is 0.225. The summed E-state index contributed by atoms with van der Waals surface area (Å²) in [6.45, 7) is 5.86. The molecular formula is C18H32O2. The van der Waals surface area contributed by atoms with E-state index in [2.05, 4.69) is 13.8 Å². The van der Waals surface area contributed by atoms with E-state index >= 15 is 0 Å². The van der Waals surface area contributed by atoms with E-state index in [9.17, 15) is 5.11 Å². The number of aliphatic hydroxyl groups is 1. The average Bonchev–Trinajstić information content (AvgIpc) is 2.37. The quantitative estimate of drug-likeness (QED) is 0.763. The topological polar surface area (TPSA) is 29.5 Å². The van der Waals surface area contributed by atoms with Crippen molar-refractivity contribution in [3.8, 4) is 0 Å². The molecule has 4 aliphatic rings. The highest BCUT2D eigenvalue weighted by Crippen LogP contribution is 2.61. The van der Waals surface area contributed by atoms with Gasteiger partial charge in [-0.15, -0.1) is 0 Å². The molecule has 20 heavy (non-hydrogen) atoms. The Bertz CT molecular complexity index is 290. The SMILES string of the molecule is CCCC(C)COCC(O)C12CC3CC(CC(C3)C1)C2. The minimum atomic E-state index is -0.218. The maximum Gasteiger partial charge on any atom is 0.0829 e. The molecule has 1 N–H and O–H groups in total. The minimum absolute atomic E-state index is 0.218. The van der Waals surface area contributed by atoms with Crippen LogP contribution in [0.1, 0.15) is 65.2 Å². The van der Waals surface area contributed by atoms with Gasteiger partial charge in [0, 0.05) is 6.61 Å². The predicted octanol–water partition coefficient (Wildman–Crippen LogP) is 4.02. The second-order valence-corrected chi connectivity index (χ2v) is 8.23. The summed E-state index contributed by atoms with van der Waals surface area (Å²) in [6.07, 6.45) is 10.4. The first-order valence-electron chi connectivity index (χ1n) is 8.87. The highest BCUT2D eigenvalue weighted by atomic mass is 16.5. The van der Waals surface area contributed by atoms with Crippen LogP contribution in [0.25, 0.3) is 0 Å². The van der Waals surface area contributed by atoms with Crippen LogP contribution in [0.2, 0.25) is 0 Å². The summed E-state index contributed by atoms with van der Waals surface area (Å²) in [4.78, 5) is 0. The smallest absolute Gasteiger partial charge is 0.0829 e. The summed E-state index contributed by atoms with van der Waals surface area (Å²) < 4.78 is 5.85. The van der Waals surface area contributed by atoms with E-state index in [-0.39, 0.29) is 11.5 Å². The molecule has 116 valence electrons. The van der Waals surface area contributed by atoms with Crippen molar-refractivity contribution in [1.29, 1.82) is 0 Å². The van der Waals surface area contributed by atoms with Gasteiger partial charge >= 0.3 is 0 Å². The molecule has 4 rings (SSSR count). The Hall–Kier alpha value is -0.0800. The van der Waals surface area contributed by atoms with Crippen molar-refractivity contribution in [1.82, 2.24) is 0 Å². The van der Waals surface area contributed by atoms with Crippen LogP contribution in [0, 0.1) is 29.1 Å². The van der Waals surface area contributed by atoms with Crippen LogP contribution in [-0.4, -0.2) is 24.4 Å². The van der Waals surface area contributed by atoms with E-state index in [1.54, 1.807) is 0 Å². The van der Waals surface area contributed by atoms with Gasteiger partial charge in [-0.3, -0.25) is 0 Å². The number of hydrogen-bond donors (Lipinski definition) is 1. The molecule has 4 fully saturated rings. The van der Waals surface area contributed by atoms with Crippen molar-refractivity contribution in [3.05, 3.63) is 0 Å². The molecule has 0 aromatic carbocycles. The average molecular weight is 280 g/mol. The molecule has 0 amide bonds. The van der Waals surface area contributed by atoms with Crippen LogP contribution in [-0.2, 0) is 4.74 Å². The molecule has 0 heterocycles. The highest BCUT2D eigenvalue weighted by molar-refractivity contribution is 5.04. The van der Waals surface area contributed by atoms with Crippen LogP contribution in [0.15, 0.2) is 0 Å². The van der Waals surface area contributed by atoms with Crippen molar-refractivity contribution >= 4 is 0 Å². The van der Waals surface area contributed by atoms with E-state index in [0.717, 1.165) is 24.4 Å². The van der Waals surface area contributed by atoms with E-state index in [0.29, 0.717) is 12.5 Å². The molecule has 0 spiro atoms. The van der Waals surface area contributed by atoms with Gasteiger partial charge in [-0.05, 0) is 74.0 Å². The maximum atomic E-state index is 10.7. The lowest BCUT2D eigenvalue weighted by Crippen LogP contribution is -2.52. The molecule has 4 aliphatic carbocycles. The monoisotopic (exact) mass is 280 g/mol. The van der Waals surface area contributed by atoms with Gasteiger partial charge < -0.3 is 9.84 Å². The second kappa shape index (κ2) is 5.96. The summed E-state index contributed by atoms with van der Waals surface area (Å²) in [6, 6.07) is 0. The van der Waals surface area contributed by atoms with Gasteiger partial charge in [0.2, 0.25) is 0 Å². The Morgan fingerprint density at radius 1 is 1.05 bits per heavy atom. The van der Waals surface area contributed by atoms with E-state index < -0.39 is 0 Å². The lowest BCUT2D eigenvalue weighted by molar-refractivity contribution is -0.141. The molecule has 0 aromatic rings. The predicted molar refractivity (Wildman–Crippen MR) is 81.5 cm³/mol. The van der Waals surface area contributed by atoms with Crippen molar-refractivity contribution in [2.75, 3.05) is 13.2 Å². The van der Waals surface area contributed by atoms with Crippen LogP contribution in [0.5, 0.6) is 0 Å². The molecule has 2 atom stereocenters. The molecule has 2 unspecified atom stereocenters. The Labute approximate surface area is 124 Å². The van der Waals surface area contributed by atoms with Gasteiger partial charge in [-0.1, -0.05) is 20.3 Å². The minimum Gasteiger partial charge on any atom is -0.390 e. The van der Waals surface area contributed by atoms with Gasteiger partial charge in [-0.25, -0.2) is 0 Å². The highest BCUT2D eigenvalue weighted by Gasteiger charge is 2.53. The molecule has 2 nitrogen and oxygen atoms in total. The van der Waals surface area contributed by atoms with Crippen LogP contribution in [0.3, 0.4) is 0 Å². The number of hydrogen-bond acceptors (Lipinski definition) is 2. The lowest BCUT2D eigenvalue weighted by Gasteiger charge is -2.58. The first-order valence-corrected chi connectivity index (χ1v) is 8.87. The molecule has 4 saturated carbocycles. The maximum absolute atomic E-state index is 10.7. The normalized spacial score (nSPS) is 41.9. The van der Waals surface area contributed by atoms with E-state index in [4.69, 9.17) is 4.74 Å². The third-order valence-corrected chi connectivity index (χ3v) is 6.25. The first-order chi connectivity index (χ1) is 9.61. The lowest BCUT2D eigenvalue weighted by atomic mass is 9.48. The van der Waals surface area contributed by atoms with Gasteiger partial charge in [0.15, 0.2) is 0 Å². The third-order valence-electron chi connectivity index (χ3n) is 6.25.